The van der Waals surface area contributed by atoms with E-state index in [0.29, 0.717) is 11.5 Å². The van der Waals surface area contributed by atoms with Crippen molar-refractivity contribution in [3.05, 3.63) is 160 Å². The van der Waals surface area contributed by atoms with Crippen molar-refractivity contribution in [1.29, 1.82) is 0 Å². The molecule has 2 aliphatic rings. The Kier molecular flexibility index (Phi) is 8.39. The maximum absolute atomic E-state index is 5.16. The Morgan fingerprint density at radius 2 is 1.26 bits per heavy atom. The second-order valence-corrected chi connectivity index (χ2v) is 11.6. The monoisotopic (exact) mass is 608 g/mol. The first-order valence-electron chi connectivity index (χ1n) is 14.5. The number of rotatable bonds is 6. The van der Waals surface area contributed by atoms with Crippen LogP contribution in [0, 0.1) is 0 Å². The van der Waals surface area contributed by atoms with Gasteiger partial charge in [0.1, 0.15) is 0 Å². The SMILES string of the molecule is C=C(/N=C(\N=C(/C)c1cc2ccccc2cc1Br)c1cccc(C2=CCCC=C2)c1)c1cccc(C2=CCCC=C2)c1. The van der Waals surface area contributed by atoms with Gasteiger partial charge in [-0.05, 0) is 89.9 Å². The molecule has 2 nitrogen and oxygen atoms in total. The van der Waals surface area contributed by atoms with Gasteiger partial charge >= 0.3 is 0 Å². The third kappa shape index (κ3) is 6.27. The zero-order valence-corrected chi connectivity index (χ0v) is 25.4. The summed E-state index contributed by atoms with van der Waals surface area (Å²) in [5, 5.41) is 2.36. The van der Waals surface area contributed by atoms with Crippen LogP contribution >= 0.6 is 15.9 Å². The third-order valence-electron chi connectivity index (χ3n) is 7.71. The Morgan fingerprint density at radius 1 is 0.667 bits per heavy atom. The number of aliphatic imine (C=N–C) groups is 2. The van der Waals surface area contributed by atoms with E-state index in [2.05, 4.69) is 144 Å². The summed E-state index contributed by atoms with van der Waals surface area (Å²) in [6.07, 6.45) is 17.8. The summed E-state index contributed by atoms with van der Waals surface area (Å²) < 4.78 is 1.01. The minimum absolute atomic E-state index is 0.641. The van der Waals surface area contributed by atoms with Gasteiger partial charge in [0.15, 0.2) is 5.84 Å². The first-order chi connectivity index (χ1) is 20.5. The Bertz CT molecular complexity index is 1860. The number of hydrogen-bond acceptors (Lipinski definition) is 1. The van der Waals surface area contributed by atoms with Crippen molar-refractivity contribution < 1.29 is 0 Å². The van der Waals surface area contributed by atoms with Crippen LogP contribution in [0.25, 0.3) is 27.6 Å². The molecule has 0 aromatic heterocycles. The Labute approximate surface area is 257 Å². The molecule has 6 rings (SSSR count). The van der Waals surface area contributed by atoms with Gasteiger partial charge in [-0.25, -0.2) is 9.98 Å². The van der Waals surface area contributed by atoms with E-state index < -0.39 is 0 Å². The number of hydrogen-bond donors (Lipinski definition) is 0. The average Bonchev–Trinajstić information content (AvgIpc) is 3.05. The molecular weight excluding hydrogens is 576 g/mol. The van der Waals surface area contributed by atoms with E-state index in [1.165, 1.54) is 33.0 Å². The van der Waals surface area contributed by atoms with Crippen LogP contribution in [0.15, 0.2) is 142 Å². The molecule has 0 aliphatic heterocycles. The van der Waals surface area contributed by atoms with Gasteiger partial charge in [0.05, 0.1) is 5.70 Å². The summed E-state index contributed by atoms with van der Waals surface area (Å²) >= 11 is 3.80. The second-order valence-electron chi connectivity index (χ2n) is 10.7. The average molecular weight is 610 g/mol. The summed E-state index contributed by atoms with van der Waals surface area (Å²) in [5.41, 5.74) is 9.38. The van der Waals surface area contributed by atoms with E-state index in [0.717, 1.165) is 52.6 Å². The van der Waals surface area contributed by atoms with Crippen molar-refractivity contribution >= 4 is 55.1 Å². The fraction of sp³-hybridized carbons (Fsp3) is 0.128. The van der Waals surface area contributed by atoms with Crippen LogP contribution in [0.3, 0.4) is 0 Å². The predicted molar refractivity (Wildman–Crippen MR) is 185 cm³/mol. The number of benzene rings is 4. The summed E-state index contributed by atoms with van der Waals surface area (Å²) in [7, 11) is 0. The van der Waals surface area contributed by atoms with E-state index in [1.807, 2.05) is 6.92 Å². The minimum Gasteiger partial charge on any atom is -0.233 e. The first kappa shape index (κ1) is 27.8. The van der Waals surface area contributed by atoms with Gasteiger partial charge in [0, 0.05) is 26.9 Å². The lowest BCUT2D eigenvalue weighted by molar-refractivity contribution is 1.04. The number of nitrogens with zero attached hydrogens (tertiary/aromatic N) is 2. The van der Waals surface area contributed by atoms with Crippen LogP contribution in [0.5, 0.6) is 0 Å². The van der Waals surface area contributed by atoms with Crippen LogP contribution in [-0.4, -0.2) is 11.5 Å². The van der Waals surface area contributed by atoms with Gasteiger partial charge in [-0.2, -0.15) is 0 Å². The molecule has 2 aliphatic carbocycles. The lowest BCUT2D eigenvalue weighted by Crippen LogP contribution is -2.06. The minimum atomic E-state index is 0.641. The molecule has 3 heteroatoms. The molecular formula is C39H33BrN2. The van der Waals surface area contributed by atoms with Crippen LogP contribution in [0.4, 0.5) is 0 Å². The van der Waals surface area contributed by atoms with E-state index >= 15 is 0 Å². The van der Waals surface area contributed by atoms with E-state index in [-0.39, 0.29) is 0 Å². The molecule has 0 bridgehead atoms. The molecule has 0 spiro atoms. The standard InChI is InChI=1S/C39H33BrN2/c1-27(31-19-11-20-32(23-31)29-13-5-3-6-14-29)41-39(36-22-12-21-33(24-36)30-15-7-4-8-16-30)42-28(2)37-25-34-17-9-10-18-35(34)26-38(37)40/h5,7,9-26H,1,3-4,6,8H2,2H3/b41-39-,42-28+. The summed E-state index contributed by atoms with van der Waals surface area (Å²) in [4.78, 5) is 10.3. The number of allylic oxidation sites excluding steroid dienone is 8. The van der Waals surface area contributed by atoms with Crippen molar-refractivity contribution in [3.8, 4) is 0 Å². The third-order valence-corrected chi connectivity index (χ3v) is 8.37. The van der Waals surface area contributed by atoms with E-state index in [4.69, 9.17) is 9.98 Å². The lowest BCUT2D eigenvalue weighted by Gasteiger charge is -2.12. The molecule has 0 heterocycles. The fourth-order valence-corrected chi connectivity index (χ4v) is 6.07. The highest BCUT2D eigenvalue weighted by Crippen LogP contribution is 2.28. The summed E-state index contributed by atoms with van der Waals surface area (Å²) in [5.74, 6) is 0.641. The quantitative estimate of drug-likeness (QED) is 0.154. The Hall–Kier alpha value is -4.34. The van der Waals surface area contributed by atoms with Gasteiger partial charge in [-0.3, -0.25) is 0 Å². The molecule has 4 aromatic rings. The van der Waals surface area contributed by atoms with E-state index in [9.17, 15) is 0 Å². The topological polar surface area (TPSA) is 24.7 Å². The smallest absolute Gasteiger partial charge is 0.160 e. The van der Waals surface area contributed by atoms with Gasteiger partial charge in [-0.1, -0.05) is 120 Å². The van der Waals surface area contributed by atoms with Gasteiger partial charge < -0.3 is 0 Å². The molecule has 0 saturated heterocycles. The zero-order valence-electron chi connectivity index (χ0n) is 23.9. The van der Waals surface area contributed by atoms with Crippen molar-refractivity contribution in [3.63, 3.8) is 0 Å². The van der Waals surface area contributed by atoms with Crippen LogP contribution < -0.4 is 0 Å². The summed E-state index contributed by atoms with van der Waals surface area (Å²) in [6.45, 7) is 6.45. The van der Waals surface area contributed by atoms with Gasteiger partial charge in [0.2, 0.25) is 0 Å². The maximum Gasteiger partial charge on any atom is 0.160 e. The molecule has 0 amide bonds. The highest BCUT2D eigenvalue weighted by atomic mass is 79.9. The van der Waals surface area contributed by atoms with Crippen molar-refractivity contribution in [2.75, 3.05) is 0 Å². The normalized spacial score (nSPS) is 15.5. The molecule has 0 radical (unpaired) electrons. The van der Waals surface area contributed by atoms with Gasteiger partial charge in [0.25, 0.3) is 0 Å². The van der Waals surface area contributed by atoms with Crippen LogP contribution in [-0.2, 0) is 0 Å². The fourth-order valence-electron chi connectivity index (χ4n) is 5.43. The number of amidine groups is 1. The highest BCUT2D eigenvalue weighted by molar-refractivity contribution is 9.10. The van der Waals surface area contributed by atoms with Crippen molar-refractivity contribution in [1.82, 2.24) is 0 Å². The Morgan fingerprint density at radius 3 is 1.88 bits per heavy atom. The highest BCUT2D eigenvalue weighted by Gasteiger charge is 2.12. The number of halogens is 1. The van der Waals surface area contributed by atoms with Crippen LogP contribution in [0.2, 0.25) is 0 Å². The molecule has 0 atom stereocenters. The Balaban J connectivity index is 1.43. The zero-order chi connectivity index (χ0) is 28.9. The lowest BCUT2D eigenvalue weighted by atomic mass is 9.97. The molecule has 0 N–H and O–H groups in total. The van der Waals surface area contributed by atoms with E-state index in [1.54, 1.807) is 0 Å². The first-order valence-corrected chi connectivity index (χ1v) is 15.3. The van der Waals surface area contributed by atoms with Crippen molar-refractivity contribution in [2.45, 2.75) is 32.6 Å². The molecule has 0 fully saturated rings. The maximum atomic E-state index is 5.16. The molecule has 4 aromatic carbocycles. The molecule has 0 unspecified atom stereocenters. The largest absolute Gasteiger partial charge is 0.233 e. The van der Waals surface area contributed by atoms with Crippen LogP contribution in [0.1, 0.15) is 60.4 Å². The van der Waals surface area contributed by atoms with Gasteiger partial charge in [-0.15, -0.1) is 0 Å². The number of fused-ring (bicyclic) bond motifs is 1. The molecule has 0 saturated carbocycles. The summed E-state index contributed by atoms with van der Waals surface area (Å²) in [6, 6.07) is 29.7. The second kappa shape index (κ2) is 12.7. The predicted octanol–water partition coefficient (Wildman–Crippen LogP) is 11.0. The molecule has 206 valence electrons. The van der Waals surface area contributed by atoms with Crippen molar-refractivity contribution in [2.24, 2.45) is 9.98 Å². The molecule has 42 heavy (non-hydrogen) atoms.